The third-order valence-electron chi connectivity index (χ3n) is 3.27. The van der Waals surface area contributed by atoms with E-state index in [1.807, 2.05) is 20.8 Å². The average Bonchev–Trinajstić information content (AvgIpc) is 2.98. The van der Waals surface area contributed by atoms with Crippen LogP contribution in [0.3, 0.4) is 0 Å². The number of carbonyl (C=O) groups is 2. The van der Waals surface area contributed by atoms with Crippen LogP contribution in [-0.4, -0.2) is 35.1 Å². The van der Waals surface area contributed by atoms with Crippen LogP contribution in [0.1, 0.15) is 46.5 Å². The molecule has 1 radical (unpaired) electrons. The summed E-state index contributed by atoms with van der Waals surface area (Å²) in [5, 5.41) is 2.93. The fourth-order valence-electron chi connectivity index (χ4n) is 2.10. The standard InChI is InChI=1S/C14H23N2O3.Np/c1-14(2,3)19-13(18)16-8-4-5-11(16)12(17)15-9-10-6-7-10;/h8,10-11H,4-7,9H2,1-3H3,(H,15,17);/q-1;/t11-;/m0./s1. The second-order valence-electron chi connectivity index (χ2n) is 6.35. The topological polar surface area (TPSA) is 58.6 Å². The fourth-order valence-corrected chi connectivity index (χ4v) is 2.10. The largest absolute Gasteiger partial charge is 0.448 e. The Labute approximate surface area is 143 Å². The van der Waals surface area contributed by atoms with E-state index >= 15 is 0 Å². The van der Waals surface area contributed by atoms with E-state index in [1.54, 1.807) is 6.54 Å². The van der Waals surface area contributed by atoms with Crippen molar-refractivity contribution in [3.63, 3.8) is 0 Å². The van der Waals surface area contributed by atoms with Gasteiger partial charge in [0, 0.05) is 36.5 Å². The summed E-state index contributed by atoms with van der Waals surface area (Å²) in [6, 6.07) is -0.409. The zero-order valence-corrected chi connectivity index (χ0v) is 16.1. The number of hydrogen-bond donors (Lipinski definition) is 1. The summed E-state index contributed by atoms with van der Waals surface area (Å²) in [6.07, 6.45) is 3.38. The van der Waals surface area contributed by atoms with Gasteiger partial charge in [-0.3, -0.25) is 4.79 Å². The molecule has 2 amide bonds. The van der Waals surface area contributed by atoms with E-state index < -0.39 is 17.7 Å². The quantitative estimate of drug-likeness (QED) is 0.600. The van der Waals surface area contributed by atoms with Crippen LogP contribution in [0.2, 0.25) is 0 Å². The van der Waals surface area contributed by atoms with Crippen molar-refractivity contribution in [3.05, 3.63) is 6.54 Å². The molecule has 2 fully saturated rings. The molecule has 5 nitrogen and oxygen atoms in total. The van der Waals surface area contributed by atoms with Crippen LogP contribution in [0.5, 0.6) is 0 Å². The van der Waals surface area contributed by atoms with Crippen molar-refractivity contribution in [1.29, 1.82) is 0 Å². The van der Waals surface area contributed by atoms with E-state index in [-0.39, 0.29) is 35.8 Å². The normalized spacial score (nSPS) is 22.1. The van der Waals surface area contributed by atoms with Gasteiger partial charge in [-0.2, -0.15) is 6.42 Å². The SMILES string of the molecule is CC(C)(C)OC(=O)N1[CH-]CC[C@H]1C(=O)NCC1CC1.[Np]. The summed E-state index contributed by atoms with van der Waals surface area (Å²) in [6.45, 7) is 7.96. The maximum Gasteiger partial charge on any atom is 0.381 e. The van der Waals surface area contributed by atoms with Crippen LogP contribution in [-0.2, 0) is 9.53 Å². The number of nitrogens with zero attached hydrogens (tertiary/aromatic N) is 1. The van der Waals surface area contributed by atoms with E-state index in [4.69, 9.17) is 4.74 Å². The number of carbonyl (C=O) groups excluding carboxylic acids is 2. The zero-order valence-electron chi connectivity index (χ0n) is 12.4. The van der Waals surface area contributed by atoms with Gasteiger partial charge in [0.1, 0.15) is 5.60 Å². The minimum Gasteiger partial charge on any atom is -0.448 e. The van der Waals surface area contributed by atoms with E-state index in [9.17, 15) is 9.59 Å². The minimum absolute atomic E-state index is 0. The fraction of sp³-hybridized carbons (Fsp3) is 0.786. The molecule has 0 aromatic rings. The summed E-state index contributed by atoms with van der Waals surface area (Å²) in [5.74, 6) is 0.579. The van der Waals surface area contributed by atoms with Crippen LogP contribution in [0.25, 0.3) is 0 Å². The van der Waals surface area contributed by atoms with Gasteiger partial charge in [0.05, 0.1) is 6.04 Å². The van der Waals surface area contributed by atoms with Gasteiger partial charge in [0.2, 0.25) is 5.91 Å². The Hall–Kier alpha value is -0.247. The maximum absolute atomic E-state index is 12.1. The molecule has 113 valence electrons. The van der Waals surface area contributed by atoms with Crippen molar-refractivity contribution in [2.24, 2.45) is 5.92 Å². The van der Waals surface area contributed by atoms with Gasteiger partial charge in [-0.25, -0.2) is 11.3 Å². The summed E-state index contributed by atoms with van der Waals surface area (Å²) >= 11 is 0. The molecule has 1 aliphatic carbocycles. The molecule has 0 aromatic carbocycles. The van der Waals surface area contributed by atoms with Crippen LogP contribution < -0.4 is 5.32 Å². The number of amides is 2. The van der Waals surface area contributed by atoms with Gasteiger partial charge >= 0.3 is 6.09 Å². The molecular weight excluding hydrogens is 481 g/mol. The van der Waals surface area contributed by atoms with Crippen molar-refractivity contribution in [3.8, 4) is 0 Å². The van der Waals surface area contributed by atoms with Crippen LogP contribution in [0, 0.1) is 42.4 Å². The molecular formula is C14H23N2NpO3-. The molecule has 1 saturated carbocycles. The van der Waals surface area contributed by atoms with Gasteiger partial charge < -0.3 is 15.0 Å². The van der Waals surface area contributed by atoms with Crippen LogP contribution in [0.15, 0.2) is 0 Å². The predicted molar refractivity (Wildman–Crippen MR) is 71.1 cm³/mol. The molecule has 0 unspecified atom stereocenters. The van der Waals surface area contributed by atoms with Crippen molar-refractivity contribution < 1.29 is 44.3 Å². The zero-order chi connectivity index (χ0) is 14.0. The molecule has 1 heterocycles. The Morgan fingerprint density at radius 1 is 1.30 bits per heavy atom. The van der Waals surface area contributed by atoms with Crippen molar-refractivity contribution in [2.45, 2.75) is 58.1 Å². The Balaban J connectivity index is 0.00000200. The van der Waals surface area contributed by atoms with E-state index in [2.05, 4.69) is 5.32 Å². The second-order valence-corrected chi connectivity index (χ2v) is 6.35. The van der Waals surface area contributed by atoms with Crippen molar-refractivity contribution >= 4 is 12.0 Å². The van der Waals surface area contributed by atoms with Crippen molar-refractivity contribution in [1.82, 2.24) is 10.2 Å². The van der Waals surface area contributed by atoms with Crippen LogP contribution in [0.4, 0.5) is 4.79 Å². The minimum atomic E-state index is -0.539. The van der Waals surface area contributed by atoms with Gasteiger partial charge in [0.25, 0.3) is 0 Å². The monoisotopic (exact) mass is 503 g/mol. The first kappa shape index (κ1) is 17.8. The molecule has 1 aliphatic heterocycles. The molecule has 1 saturated heterocycles. The number of hydrogen-bond acceptors (Lipinski definition) is 3. The van der Waals surface area contributed by atoms with Gasteiger partial charge in [-0.05, 0) is 39.5 Å². The average molecular weight is 504 g/mol. The smallest absolute Gasteiger partial charge is 0.381 e. The van der Waals surface area contributed by atoms with Gasteiger partial charge in [-0.15, -0.1) is 0 Å². The Bertz CT molecular complexity index is 364. The molecule has 1 N–H and O–H groups in total. The Morgan fingerprint density at radius 3 is 2.50 bits per heavy atom. The molecule has 1 atom stereocenters. The first-order chi connectivity index (χ1) is 8.87. The maximum atomic E-state index is 12.1. The van der Waals surface area contributed by atoms with Crippen LogP contribution >= 0.6 is 0 Å². The summed E-state index contributed by atoms with van der Waals surface area (Å²) in [4.78, 5) is 25.5. The molecule has 0 spiro atoms. The Kier molecular flexibility index (Phi) is 6.36. The third kappa shape index (κ3) is 5.27. The number of likely N-dealkylation sites (tertiary alicyclic amines) is 1. The third-order valence-corrected chi connectivity index (χ3v) is 3.27. The molecule has 0 aromatic heterocycles. The molecule has 20 heavy (non-hydrogen) atoms. The summed E-state index contributed by atoms with van der Waals surface area (Å²) in [7, 11) is 0. The second kappa shape index (κ2) is 7.15. The molecule has 2 aliphatic rings. The first-order valence-corrected chi connectivity index (χ1v) is 6.99. The molecule has 2 rings (SSSR count). The molecule has 6 heteroatoms. The number of rotatable bonds is 3. The summed E-state index contributed by atoms with van der Waals surface area (Å²) in [5.41, 5.74) is -0.539. The Morgan fingerprint density at radius 2 is 1.95 bits per heavy atom. The number of nitrogens with one attached hydrogen (secondary N) is 1. The van der Waals surface area contributed by atoms with E-state index in [0.29, 0.717) is 12.3 Å². The van der Waals surface area contributed by atoms with E-state index in [1.165, 1.54) is 17.7 Å². The molecule has 0 bridgehead atoms. The number of ether oxygens (including phenoxy) is 1. The first-order valence-electron chi connectivity index (χ1n) is 6.99. The van der Waals surface area contributed by atoms with Gasteiger partial charge in [-0.1, -0.05) is 6.42 Å². The van der Waals surface area contributed by atoms with E-state index in [0.717, 1.165) is 13.0 Å². The summed E-state index contributed by atoms with van der Waals surface area (Å²) < 4.78 is 5.32. The predicted octanol–water partition coefficient (Wildman–Crippen LogP) is 2.07. The van der Waals surface area contributed by atoms with Gasteiger partial charge in [0.15, 0.2) is 0 Å². The van der Waals surface area contributed by atoms with Crippen molar-refractivity contribution in [2.75, 3.05) is 6.54 Å².